The minimum atomic E-state index is -1.03. The number of alkyl carbamates (subject to hydrolysis) is 1. The molecule has 0 radical (unpaired) electrons. The van der Waals surface area contributed by atoms with Crippen molar-refractivity contribution >= 4 is 29.6 Å². The Bertz CT molecular complexity index is 1080. The molecule has 1 saturated carbocycles. The lowest BCUT2D eigenvalue weighted by Gasteiger charge is -2.28. The molecule has 1 aliphatic rings. The molecular formula is C31H43N3O7. The second kappa shape index (κ2) is 18.3. The molecule has 2 amide bonds. The van der Waals surface area contributed by atoms with Crippen LogP contribution >= 0.6 is 0 Å². The largest absolute Gasteiger partial charge is 0.480 e. The van der Waals surface area contributed by atoms with Crippen molar-refractivity contribution < 1.29 is 33.8 Å². The molecule has 5 N–H and O–H groups in total. The number of nitrogens with two attached hydrogens (primary N) is 1. The number of unbranched alkanes of at least 4 members (excludes halogenated alkanes) is 1. The summed E-state index contributed by atoms with van der Waals surface area (Å²) in [5, 5.41) is 14.9. The monoisotopic (exact) mass is 569 g/mol. The van der Waals surface area contributed by atoms with Gasteiger partial charge in [-0.2, -0.15) is 0 Å². The van der Waals surface area contributed by atoms with E-state index in [-0.39, 0.29) is 30.3 Å². The molecule has 3 rings (SSSR count). The summed E-state index contributed by atoms with van der Waals surface area (Å²) in [6, 6.07) is 15.0. The van der Waals surface area contributed by atoms with Gasteiger partial charge in [0.25, 0.3) is 0 Å². The number of carboxylic acids is 1. The lowest BCUT2D eigenvalue weighted by molar-refractivity contribution is -0.142. The molecule has 0 saturated heterocycles. The van der Waals surface area contributed by atoms with Crippen LogP contribution in [0.1, 0.15) is 68.3 Å². The van der Waals surface area contributed by atoms with E-state index in [0.29, 0.717) is 49.8 Å². The number of benzene rings is 2. The first-order valence-corrected chi connectivity index (χ1v) is 14.2. The van der Waals surface area contributed by atoms with Crippen molar-refractivity contribution in [2.75, 3.05) is 25.5 Å². The summed E-state index contributed by atoms with van der Waals surface area (Å²) < 4.78 is 9.87. The summed E-state index contributed by atoms with van der Waals surface area (Å²) in [5.41, 5.74) is 7.50. The molecular weight excluding hydrogens is 526 g/mol. The van der Waals surface area contributed by atoms with Gasteiger partial charge in [0.05, 0.1) is 18.8 Å². The highest BCUT2D eigenvalue weighted by molar-refractivity contribution is 5.89. The third-order valence-corrected chi connectivity index (χ3v) is 6.80. The van der Waals surface area contributed by atoms with Crippen LogP contribution < -0.4 is 16.4 Å². The molecule has 0 heterocycles. The molecule has 0 bridgehead atoms. The highest BCUT2D eigenvalue weighted by Gasteiger charge is 2.29. The predicted octanol–water partition coefficient (Wildman–Crippen LogP) is 4.58. The van der Waals surface area contributed by atoms with Gasteiger partial charge in [-0.3, -0.25) is 4.79 Å². The van der Waals surface area contributed by atoms with Crippen molar-refractivity contribution in [3.05, 3.63) is 65.7 Å². The fourth-order valence-electron chi connectivity index (χ4n) is 4.39. The van der Waals surface area contributed by atoms with Gasteiger partial charge < -0.3 is 30.9 Å². The van der Waals surface area contributed by atoms with Crippen molar-refractivity contribution in [2.24, 2.45) is 11.8 Å². The van der Waals surface area contributed by atoms with Crippen LogP contribution in [0, 0.1) is 11.8 Å². The predicted molar refractivity (Wildman–Crippen MR) is 156 cm³/mol. The Morgan fingerprint density at radius 1 is 0.951 bits per heavy atom. The lowest BCUT2D eigenvalue weighted by atomic mass is 9.81. The van der Waals surface area contributed by atoms with Crippen LogP contribution in [-0.4, -0.2) is 54.8 Å². The number of nitrogen functional groups attached to an aromatic ring is 1. The quantitative estimate of drug-likeness (QED) is 0.164. The second-order valence-electron chi connectivity index (χ2n) is 10.0. The first-order valence-electron chi connectivity index (χ1n) is 14.2. The molecule has 0 aliphatic heterocycles. The van der Waals surface area contributed by atoms with Crippen LogP contribution in [0.3, 0.4) is 0 Å². The molecule has 1 aliphatic carbocycles. The first kappa shape index (κ1) is 33.1. The Labute approximate surface area is 242 Å². The van der Waals surface area contributed by atoms with E-state index in [1.54, 1.807) is 31.2 Å². The zero-order valence-electron chi connectivity index (χ0n) is 24.0. The van der Waals surface area contributed by atoms with Crippen LogP contribution in [0.5, 0.6) is 0 Å². The van der Waals surface area contributed by atoms with Crippen molar-refractivity contribution in [2.45, 2.75) is 64.8 Å². The number of anilines is 1. The third kappa shape index (κ3) is 12.8. The molecule has 41 heavy (non-hydrogen) atoms. The van der Waals surface area contributed by atoms with Gasteiger partial charge in [0.1, 0.15) is 6.04 Å². The molecule has 2 aromatic carbocycles. The van der Waals surface area contributed by atoms with E-state index in [9.17, 15) is 24.3 Å². The minimum Gasteiger partial charge on any atom is -0.480 e. The summed E-state index contributed by atoms with van der Waals surface area (Å²) in [7, 11) is 0. The van der Waals surface area contributed by atoms with Crippen LogP contribution in [0.2, 0.25) is 0 Å². The van der Waals surface area contributed by atoms with Gasteiger partial charge in [-0.05, 0) is 74.8 Å². The molecule has 1 atom stereocenters. The summed E-state index contributed by atoms with van der Waals surface area (Å²) in [6.07, 6.45) is 4.75. The van der Waals surface area contributed by atoms with Crippen LogP contribution in [-0.2, 0) is 25.5 Å². The highest BCUT2D eigenvalue weighted by atomic mass is 16.5. The topological polar surface area (TPSA) is 157 Å². The first-order chi connectivity index (χ1) is 19.7. The Kier molecular flexibility index (Phi) is 14.8. The SMILES string of the molecule is CCCCOC(=O)NCC1CCC(C(=O)N[C@@H](Cc2ccccc2)C(=O)O)CC1.CCOC(=O)c1ccc(N)cc1. The number of aliphatic carboxylic acids is 1. The van der Waals surface area contributed by atoms with E-state index in [4.69, 9.17) is 15.2 Å². The molecule has 0 spiro atoms. The molecule has 0 unspecified atom stereocenters. The molecule has 2 aromatic rings. The number of carbonyl (C=O) groups excluding carboxylic acids is 3. The summed E-state index contributed by atoms with van der Waals surface area (Å²) >= 11 is 0. The van der Waals surface area contributed by atoms with Crippen molar-refractivity contribution in [1.82, 2.24) is 10.6 Å². The zero-order chi connectivity index (χ0) is 30.0. The van der Waals surface area contributed by atoms with E-state index in [1.165, 1.54) is 0 Å². The standard InChI is InChI=1S/C22H32N2O5.C9H11NO2/c1-2-3-13-29-22(28)23-15-17-9-11-18(12-10-17)20(25)24-19(21(26)27)14-16-7-5-4-6-8-16;1-2-12-9(11)7-3-5-8(10)6-4-7/h4-8,17-19H,2-3,9-15H2,1H3,(H,23,28)(H,24,25)(H,26,27);3-6H,2,10H2,1H3/t17?,18?,19-;/m0./s1. The van der Waals surface area contributed by atoms with Gasteiger partial charge in [-0.25, -0.2) is 14.4 Å². The van der Waals surface area contributed by atoms with Crippen molar-refractivity contribution in [3.63, 3.8) is 0 Å². The van der Waals surface area contributed by atoms with E-state index >= 15 is 0 Å². The van der Waals surface area contributed by atoms with Gasteiger partial charge in [-0.15, -0.1) is 0 Å². The average molecular weight is 570 g/mol. The number of carbonyl (C=O) groups is 4. The average Bonchev–Trinajstić information content (AvgIpc) is 2.97. The number of nitrogens with one attached hydrogen (secondary N) is 2. The Hall–Kier alpha value is -4.08. The lowest BCUT2D eigenvalue weighted by Crippen LogP contribution is -2.45. The zero-order valence-corrected chi connectivity index (χ0v) is 24.0. The Morgan fingerprint density at radius 3 is 2.20 bits per heavy atom. The van der Waals surface area contributed by atoms with Crippen LogP contribution in [0.4, 0.5) is 10.5 Å². The number of esters is 1. The van der Waals surface area contributed by atoms with Gasteiger partial charge in [-0.1, -0.05) is 43.7 Å². The maximum Gasteiger partial charge on any atom is 0.407 e. The van der Waals surface area contributed by atoms with E-state index in [1.807, 2.05) is 37.3 Å². The maximum atomic E-state index is 12.6. The van der Waals surface area contributed by atoms with Gasteiger partial charge in [0, 0.05) is 24.6 Å². The summed E-state index contributed by atoms with van der Waals surface area (Å²) in [4.78, 5) is 46.8. The number of hydrogen-bond acceptors (Lipinski definition) is 7. The number of amides is 2. The maximum absolute atomic E-state index is 12.6. The number of rotatable bonds is 12. The smallest absolute Gasteiger partial charge is 0.407 e. The van der Waals surface area contributed by atoms with E-state index in [0.717, 1.165) is 31.2 Å². The van der Waals surface area contributed by atoms with Gasteiger partial charge >= 0.3 is 18.0 Å². The normalized spacial score (nSPS) is 16.7. The third-order valence-electron chi connectivity index (χ3n) is 6.80. The van der Waals surface area contributed by atoms with E-state index in [2.05, 4.69) is 10.6 Å². The van der Waals surface area contributed by atoms with Gasteiger partial charge in [0.15, 0.2) is 0 Å². The second-order valence-corrected chi connectivity index (χ2v) is 10.0. The number of carboxylic acid groups (broad SMARTS) is 1. The van der Waals surface area contributed by atoms with Gasteiger partial charge in [0.2, 0.25) is 5.91 Å². The fourth-order valence-corrected chi connectivity index (χ4v) is 4.39. The Morgan fingerprint density at radius 2 is 1.61 bits per heavy atom. The van der Waals surface area contributed by atoms with Crippen LogP contribution in [0.15, 0.2) is 54.6 Å². The fraction of sp³-hybridized carbons (Fsp3) is 0.484. The highest BCUT2D eigenvalue weighted by Crippen LogP contribution is 2.28. The Balaban J connectivity index is 0.000000408. The number of ether oxygens (including phenoxy) is 2. The minimum absolute atomic E-state index is 0.180. The molecule has 0 aromatic heterocycles. The van der Waals surface area contributed by atoms with Crippen molar-refractivity contribution in [1.29, 1.82) is 0 Å². The van der Waals surface area contributed by atoms with Crippen molar-refractivity contribution in [3.8, 4) is 0 Å². The molecule has 224 valence electrons. The number of hydrogen-bond donors (Lipinski definition) is 4. The molecule has 10 heteroatoms. The molecule has 1 fully saturated rings. The van der Waals surface area contributed by atoms with Crippen LogP contribution in [0.25, 0.3) is 0 Å². The summed E-state index contributed by atoms with van der Waals surface area (Å²) in [6.45, 7) is 5.18. The summed E-state index contributed by atoms with van der Waals surface area (Å²) in [5.74, 6) is -1.39. The molecule has 10 nitrogen and oxygen atoms in total. The van der Waals surface area contributed by atoms with E-state index < -0.39 is 12.0 Å².